The van der Waals surface area contributed by atoms with Crippen LogP contribution in [0.5, 0.6) is 11.5 Å². The second-order valence-corrected chi connectivity index (χ2v) is 3.55. The predicted molar refractivity (Wildman–Crippen MR) is 62.6 cm³/mol. The summed E-state index contributed by atoms with van der Waals surface area (Å²) in [7, 11) is 0. The van der Waals surface area contributed by atoms with E-state index in [4.69, 9.17) is 9.84 Å². The Bertz CT molecular complexity index is 315. The second-order valence-electron chi connectivity index (χ2n) is 3.55. The molecule has 0 aliphatic carbocycles. The van der Waals surface area contributed by atoms with Crippen LogP contribution < -0.4 is 5.32 Å². The lowest BCUT2D eigenvalue weighted by Crippen LogP contribution is -2.16. The molecule has 0 atom stereocenters. The number of phenolic OH excluding ortho intramolecular Hbond substituents is 2. The third kappa shape index (κ3) is 4.51. The molecule has 0 aliphatic rings. The van der Waals surface area contributed by atoms with Gasteiger partial charge in [0, 0.05) is 19.8 Å². The largest absolute Gasteiger partial charge is 0.504 e. The zero-order valence-corrected chi connectivity index (χ0v) is 9.57. The Hall–Kier alpha value is -1.26. The maximum Gasteiger partial charge on any atom is 0.157 e. The predicted octanol–water partition coefficient (Wildman–Crippen LogP) is 1.61. The number of benzene rings is 1. The summed E-state index contributed by atoms with van der Waals surface area (Å²) in [5.74, 6) is -0.159. The first-order valence-corrected chi connectivity index (χ1v) is 5.53. The molecule has 0 bridgehead atoms. The van der Waals surface area contributed by atoms with Crippen LogP contribution in [-0.4, -0.2) is 30.0 Å². The summed E-state index contributed by atoms with van der Waals surface area (Å²) in [5.41, 5.74) is 0.951. The van der Waals surface area contributed by atoms with Gasteiger partial charge in [-0.15, -0.1) is 0 Å². The number of hydrogen-bond acceptors (Lipinski definition) is 4. The molecule has 16 heavy (non-hydrogen) atoms. The fraction of sp³-hybridized carbons (Fsp3) is 0.500. The van der Waals surface area contributed by atoms with Gasteiger partial charge in [0.2, 0.25) is 0 Å². The van der Waals surface area contributed by atoms with Gasteiger partial charge in [-0.05, 0) is 37.6 Å². The molecule has 0 heterocycles. The van der Waals surface area contributed by atoms with Crippen LogP contribution in [-0.2, 0) is 11.3 Å². The second kappa shape index (κ2) is 7.09. The highest BCUT2D eigenvalue weighted by atomic mass is 16.5. The van der Waals surface area contributed by atoms with Crippen molar-refractivity contribution < 1.29 is 14.9 Å². The Balaban J connectivity index is 2.19. The Kier molecular flexibility index (Phi) is 5.67. The number of phenols is 2. The van der Waals surface area contributed by atoms with Gasteiger partial charge < -0.3 is 20.3 Å². The molecule has 0 radical (unpaired) electrons. The maximum atomic E-state index is 9.27. The van der Waals surface area contributed by atoms with Crippen molar-refractivity contribution in [2.45, 2.75) is 19.9 Å². The fourth-order valence-electron chi connectivity index (χ4n) is 1.36. The van der Waals surface area contributed by atoms with E-state index in [-0.39, 0.29) is 11.5 Å². The first kappa shape index (κ1) is 12.8. The number of aromatic hydroxyl groups is 2. The Labute approximate surface area is 95.9 Å². The van der Waals surface area contributed by atoms with E-state index in [9.17, 15) is 5.11 Å². The minimum Gasteiger partial charge on any atom is -0.504 e. The summed E-state index contributed by atoms with van der Waals surface area (Å²) in [5, 5.41) is 21.6. The SMILES string of the molecule is CCOCCCNCc1ccc(O)c(O)c1. The van der Waals surface area contributed by atoms with Crippen LogP contribution in [0.3, 0.4) is 0 Å². The van der Waals surface area contributed by atoms with Crippen molar-refractivity contribution in [1.29, 1.82) is 0 Å². The van der Waals surface area contributed by atoms with E-state index in [0.29, 0.717) is 6.54 Å². The molecule has 0 unspecified atom stereocenters. The van der Waals surface area contributed by atoms with E-state index >= 15 is 0 Å². The summed E-state index contributed by atoms with van der Waals surface area (Å²) in [6.07, 6.45) is 0.970. The minimum atomic E-state index is -0.0832. The van der Waals surface area contributed by atoms with Crippen LogP contribution in [0.2, 0.25) is 0 Å². The fourth-order valence-corrected chi connectivity index (χ4v) is 1.36. The van der Waals surface area contributed by atoms with Crippen molar-refractivity contribution in [2.75, 3.05) is 19.8 Å². The van der Waals surface area contributed by atoms with E-state index in [1.807, 2.05) is 6.92 Å². The van der Waals surface area contributed by atoms with Crippen molar-refractivity contribution in [3.8, 4) is 11.5 Å². The zero-order chi connectivity index (χ0) is 11.8. The number of ether oxygens (including phenoxy) is 1. The topological polar surface area (TPSA) is 61.7 Å². The van der Waals surface area contributed by atoms with Gasteiger partial charge in [-0.25, -0.2) is 0 Å². The Morgan fingerprint density at radius 3 is 2.75 bits per heavy atom. The van der Waals surface area contributed by atoms with Crippen molar-refractivity contribution in [2.24, 2.45) is 0 Å². The monoisotopic (exact) mass is 225 g/mol. The molecule has 0 saturated heterocycles. The molecule has 0 fully saturated rings. The van der Waals surface area contributed by atoms with Crippen LogP contribution in [0.15, 0.2) is 18.2 Å². The molecule has 0 spiro atoms. The van der Waals surface area contributed by atoms with Crippen molar-refractivity contribution in [3.63, 3.8) is 0 Å². The van der Waals surface area contributed by atoms with Crippen molar-refractivity contribution in [1.82, 2.24) is 5.32 Å². The summed E-state index contributed by atoms with van der Waals surface area (Å²) >= 11 is 0. The molecule has 0 saturated carbocycles. The van der Waals surface area contributed by atoms with Crippen LogP contribution in [0.1, 0.15) is 18.9 Å². The summed E-state index contributed by atoms with van der Waals surface area (Å²) in [6, 6.07) is 4.84. The van der Waals surface area contributed by atoms with Crippen molar-refractivity contribution >= 4 is 0 Å². The van der Waals surface area contributed by atoms with E-state index in [1.54, 1.807) is 12.1 Å². The van der Waals surface area contributed by atoms with E-state index in [0.717, 1.165) is 31.7 Å². The average molecular weight is 225 g/mol. The lowest BCUT2D eigenvalue weighted by Gasteiger charge is -2.06. The molecule has 3 N–H and O–H groups in total. The number of hydrogen-bond donors (Lipinski definition) is 3. The smallest absolute Gasteiger partial charge is 0.157 e. The van der Waals surface area contributed by atoms with Gasteiger partial charge in [0.15, 0.2) is 11.5 Å². The van der Waals surface area contributed by atoms with E-state index in [2.05, 4.69) is 5.32 Å². The average Bonchev–Trinajstić information content (AvgIpc) is 2.28. The van der Waals surface area contributed by atoms with Crippen molar-refractivity contribution in [3.05, 3.63) is 23.8 Å². The molecule has 0 aromatic heterocycles. The molecule has 1 rings (SSSR count). The first-order chi connectivity index (χ1) is 7.74. The highest BCUT2D eigenvalue weighted by Gasteiger charge is 1.99. The summed E-state index contributed by atoms with van der Waals surface area (Å²) < 4.78 is 5.21. The molecule has 4 nitrogen and oxygen atoms in total. The maximum absolute atomic E-state index is 9.27. The lowest BCUT2D eigenvalue weighted by atomic mass is 10.2. The van der Waals surface area contributed by atoms with Gasteiger partial charge >= 0.3 is 0 Å². The number of nitrogens with one attached hydrogen (secondary N) is 1. The highest BCUT2D eigenvalue weighted by Crippen LogP contribution is 2.24. The quantitative estimate of drug-likeness (QED) is 0.487. The highest BCUT2D eigenvalue weighted by molar-refractivity contribution is 5.40. The Morgan fingerprint density at radius 1 is 1.25 bits per heavy atom. The Morgan fingerprint density at radius 2 is 2.06 bits per heavy atom. The summed E-state index contributed by atoms with van der Waals surface area (Å²) in [6.45, 7) is 5.06. The zero-order valence-electron chi connectivity index (χ0n) is 9.57. The third-order valence-corrected chi connectivity index (χ3v) is 2.22. The van der Waals surface area contributed by atoms with Crippen LogP contribution in [0.4, 0.5) is 0 Å². The molecular formula is C12H19NO3. The molecule has 1 aromatic rings. The van der Waals surface area contributed by atoms with Gasteiger partial charge in [0.05, 0.1) is 0 Å². The van der Waals surface area contributed by atoms with Gasteiger partial charge in [-0.3, -0.25) is 0 Å². The van der Waals surface area contributed by atoms with E-state index in [1.165, 1.54) is 6.07 Å². The molecule has 4 heteroatoms. The van der Waals surface area contributed by atoms with Crippen LogP contribution >= 0.6 is 0 Å². The lowest BCUT2D eigenvalue weighted by molar-refractivity contribution is 0.144. The molecule has 0 amide bonds. The molecule has 90 valence electrons. The summed E-state index contributed by atoms with van der Waals surface area (Å²) in [4.78, 5) is 0. The van der Waals surface area contributed by atoms with Gasteiger partial charge in [0.25, 0.3) is 0 Å². The molecule has 0 aliphatic heterocycles. The minimum absolute atomic E-state index is 0.0754. The first-order valence-electron chi connectivity index (χ1n) is 5.53. The standard InChI is InChI=1S/C12H19NO3/c1-2-16-7-3-6-13-9-10-4-5-11(14)12(15)8-10/h4-5,8,13-15H,2-3,6-7,9H2,1H3. The number of rotatable bonds is 7. The van der Waals surface area contributed by atoms with Crippen LogP contribution in [0.25, 0.3) is 0 Å². The van der Waals surface area contributed by atoms with E-state index < -0.39 is 0 Å². The molecule has 1 aromatic carbocycles. The van der Waals surface area contributed by atoms with Gasteiger partial charge in [-0.1, -0.05) is 6.07 Å². The van der Waals surface area contributed by atoms with Crippen LogP contribution in [0, 0.1) is 0 Å². The third-order valence-electron chi connectivity index (χ3n) is 2.22. The van der Waals surface area contributed by atoms with Gasteiger partial charge in [-0.2, -0.15) is 0 Å². The van der Waals surface area contributed by atoms with Gasteiger partial charge in [0.1, 0.15) is 0 Å². The molecular weight excluding hydrogens is 206 g/mol. The normalized spacial score (nSPS) is 10.6.